The largest absolute Gasteiger partial charge is 0.341 e. The lowest BCUT2D eigenvalue weighted by molar-refractivity contribution is -0.127. The first-order valence-corrected chi connectivity index (χ1v) is 9.07. The fourth-order valence-corrected chi connectivity index (χ4v) is 3.37. The Morgan fingerprint density at radius 3 is 2.35 bits per heavy atom. The fraction of sp³-hybridized carbons (Fsp3) is 0.650. The molecule has 2 rings (SSSR count). The molecule has 1 saturated heterocycles. The van der Waals surface area contributed by atoms with Gasteiger partial charge in [0.05, 0.1) is 0 Å². The number of likely N-dealkylation sites (tertiary alicyclic amines) is 1. The van der Waals surface area contributed by atoms with Crippen LogP contribution in [0.4, 0.5) is 0 Å². The van der Waals surface area contributed by atoms with Gasteiger partial charge in [-0.15, -0.1) is 0 Å². The third-order valence-corrected chi connectivity index (χ3v) is 4.57. The molecular weight excluding hydrogens is 284 g/mol. The van der Waals surface area contributed by atoms with E-state index in [0.29, 0.717) is 23.8 Å². The van der Waals surface area contributed by atoms with Gasteiger partial charge in [-0.1, -0.05) is 52.0 Å². The zero-order valence-electron chi connectivity index (χ0n) is 15.1. The molecule has 1 aliphatic rings. The van der Waals surface area contributed by atoms with Gasteiger partial charge in [-0.2, -0.15) is 0 Å². The van der Waals surface area contributed by atoms with Crippen LogP contribution in [0.3, 0.4) is 0 Å². The van der Waals surface area contributed by atoms with Crippen molar-refractivity contribution in [2.45, 2.75) is 53.0 Å². The Labute approximate surface area is 141 Å². The molecule has 0 radical (unpaired) electrons. The number of benzene rings is 1. The lowest BCUT2D eigenvalue weighted by Gasteiger charge is -2.25. The van der Waals surface area contributed by atoms with E-state index in [1.54, 1.807) is 0 Å². The van der Waals surface area contributed by atoms with E-state index in [2.05, 4.69) is 57.3 Å². The third kappa shape index (κ3) is 5.35. The monoisotopic (exact) mass is 316 g/mol. The maximum absolute atomic E-state index is 11.7. The van der Waals surface area contributed by atoms with Gasteiger partial charge in [0.15, 0.2) is 0 Å². The first-order valence-electron chi connectivity index (χ1n) is 9.07. The quantitative estimate of drug-likeness (QED) is 0.791. The molecule has 1 unspecified atom stereocenters. The predicted molar refractivity (Wildman–Crippen MR) is 96.4 cm³/mol. The highest BCUT2D eigenvalue weighted by atomic mass is 16.2. The van der Waals surface area contributed by atoms with Crippen LogP contribution in [-0.2, 0) is 11.2 Å². The van der Waals surface area contributed by atoms with E-state index >= 15 is 0 Å². The number of carbonyl (C=O) groups excluding carboxylic acids is 1. The summed E-state index contributed by atoms with van der Waals surface area (Å²) in [7, 11) is 0. The van der Waals surface area contributed by atoms with Crippen molar-refractivity contribution in [2.24, 2.45) is 11.8 Å². The van der Waals surface area contributed by atoms with Gasteiger partial charge in [0.1, 0.15) is 0 Å². The second kappa shape index (κ2) is 8.49. The van der Waals surface area contributed by atoms with E-state index in [9.17, 15) is 4.79 Å². The number of nitrogens with one attached hydrogen (secondary N) is 1. The Morgan fingerprint density at radius 2 is 1.83 bits per heavy atom. The molecule has 1 aromatic rings. The summed E-state index contributed by atoms with van der Waals surface area (Å²) in [5.41, 5.74) is 2.76. The molecule has 1 fully saturated rings. The number of amides is 1. The molecule has 3 nitrogen and oxygen atoms in total. The van der Waals surface area contributed by atoms with Crippen LogP contribution in [0, 0.1) is 11.8 Å². The number of nitrogens with zero attached hydrogens (tertiary/aromatic N) is 1. The molecule has 1 atom stereocenters. The SMILES string of the molecule is CC(C)Cc1ccc(C(NCCN2CCCC2=O)C(C)C)cc1. The van der Waals surface area contributed by atoms with E-state index < -0.39 is 0 Å². The molecule has 0 saturated carbocycles. The molecule has 1 heterocycles. The maximum Gasteiger partial charge on any atom is 0.222 e. The molecule has 0 aromatic heterocycles. The third-order valence-electron chi connectivity index (χ3n) is 4.57. The Kier molecular flexibility index (Phi) is 6.64. The highest BCUT2D eigenvalue weighted by Gasteiger charge is 2.20. The van der Waals surface area contributed by atoms with E-state index in [0.717, 1.165) is 38.9 Å². The molecule has 1 aliphatic heterocycles. The molecule has 0 aliphatic carbocycles. The molecule has 1 amide bonds. The van der Waals surface area contributed by atoms with Crippen LogP contribution >= 0.6 is 0 Å². The van der Waals surface area contributed by atoms with Gasteiger partial charge >= 0.3 is 0 Å². The van der Waals surface area contributed by atoms with Gasteiger partial charge in [0.2, 0.25) is 5.91 Å². The van der Waals surface area contributed by atoms with Gasteiger partial charge in [-0.25, -0.2) is 0 Å². The Morgan fingerprint density at radius 1 is 1.13 bits per heavy atom. The first-order chi connectivity index (χ1) is 11.0. The summed E-state index contributed by atoms with van der Waals surface area (Å²) < 4.78 is 0. The molecule has 23 heavy (non-hydrogen) atoms. The van der Waals surface area contributed by atoms with Crippen molar-refractivity contribution in [3.63, 3.8) is 0 Å². The average molecular weight is 316 g/mol. The minimum Gasteiger partial charge on any atom is -0.341 e. The van der Waals surface area contributed by atoms with Crippen LogP contribution in [0.1, 0.15) is 57.7 Å². The zero-order chi connectivity index (χ0) is 16.8. The first kappa shape index (κ1) is 18.0. The summed E-state index contributed by atoms with van der Waals surface area (Å²) in [5.74, 6) is 1.53. The van der Waals surface area contributed by atoms with Crippen LogP contribution in [0.15, 0.2) is 24.3 Å². The molecule has 0 spiro atoms. The van der Waals surface area contributed by atoms with Crippen LogP contribution in [0.25, 0.3) is 0 Å². The molecule has 1 aromatic carbocycles. The summed E-state index contributed by atoms with van der Waals surface area (Å²) in [4.78, 5) is 13.7. The molecule has 3 heteroatoms. The Hall–Kier alpha value is -1.35. The van der Waals surface area contributed by atoms with Crippen molar-refractivity contribution in [3.05, 3.63) is 35.4 Å². The van der Waals surface area contributed by atoms with Crippen molar-refractivity contribution >= 4 is 5.91 Å². The number of carbonyl (C=O) groups is 1. The summed E-state index contributed by atoms with van der Waals surface area (Å²) in [5, 5.41) is 3.65. The Bertz CT molecular complexity index is 493. The number of rotatable bonds is 8. The highest BCUT2D eigenvalue weighted by molar-refractivity contribution is 5.78. The predicted octanol–water partition coefficient (Wildman–Crippen LogP) is 3.79. The van der Waals surface area contributed by atoms with Crippen molar-refractivity contribution in [1.29, 1.82) is 0 Å². The minimum atomic E-state index is 0.311. The number of hydrogen-bond donors (Lipinski definition) is 1. The lowest BCUT2D eigenvalue weighted by Crippen LogP contribution is -2.35. The van der Waals surface area contributed by atoms with E-state index in [1.165, 1.54) is 11.1 Å². The van der Waals surface area contributed by atoms with Crippen LogP contribution < -0.4 is 5.32 Å². The van der Waals surface area contributed by atoms with Crippen LogP contribution in [0.2, 0.25) is 0 Å². The Balaban J connectivity index is 1.91. The zero-order valence-corrected chi connectivity index (χ0v) is 15.1. The smallest absolute Gasteiger partial charge is 0.222 e. The van der Waals surface area contributed by atoms with Crippen molar-refractivity contribution in [2.75, 3.05) is 19.6 Å². The highest BCUT2D eigenvalue weighted by Crippen LogP contribution is 2.22. The van der Waals surface area contributed by atoms with Gasteiger partial charge in [-0.3, -0.25) is 4.79 Å². The van der Waals surface area contributed by atoms with Gasteiger partial charge < -0.3 is 10.2 Å². The summed E-state index contributed by atoms with van der Waals surface area (Å²) >= 11 is 0. The average Bonchev–Trinajstić information content (AvgIpc) is 2.89. The second-order valence-corrected chi connectivity index (χ2v) is 7.50. The molecular formula is C20H32N2O. The summed E-state index contributed by atoms with van der Waals surface area (Å²) in [6, 6.07) is 9.39. The summed E-state index contributed by atoms with van der Waals surface area (Å²) in [6.45, 7) is 11.6. The number of hydrogen-bond acceptors (Lipinski definition) is 2. The topological polar surface area (TPSA) is 32.3 Å². The van der Waals surface area contributed by atoms with Crippen molar-refractivity contribution in [1.82, 2.24) is 10.2 Å². The van der Waals surface area contributed by atoms with E-state index in [4.69, 9.17) is 0 Å². The van der Waals surface area contributed by atoms with E-state index in [1.807, 2.05) is 4.90 Å². The molecule has 0 bridgehead atoms. The van der Waals surface area contributed by atoms with Crippen LogP contribution in [-0.4, -0.2) is 30.4 Å². The van der Waals surface area contributed by atoms with Gasteiger partial charge in [0.25, 0.3) is 0 Å². The normalized spacial score (nSPS) is 16.6. The molecule has 1 N–H and O–H groups in total. The van der Waals surface area contributed by atoms with Crippen molar-refractivity contribution < 1.29 is 4.79 Å². The van der Waals surface area contributed by atoms with Crippen LogP contribution in [0.5, 0.6) is 0 Å². The lowest BCUT2D eigenvalue weighted by atomic mass is 9.94. The van der Waals surface area contributed by atoms with E-state index in [-0.39, 0.29) is 0 Å². The summed E-state index contributed by atoms with van der Waals surface area (Å²) in [6.07, 6.45) is 2.88. The van der Waals surface area contributed by atoms with Crippen molar-refractivity contribution in [3.8, 4) is 0 Å². The van der Waals surface area contributed by atoms with Gasteiger partial charge in [0, 0.05) is 32.1 Å². The molecule has 128 valence electrons. The fourth-order valence-electron chi connectivity index (χ4n) is 3.37. The standard InChI is InChI=1S/C20H32N2O/c1-15(2)14-17-7-9-18(10-8-17)20(16(3)4)21-11-13-22-12-5-6-19(22)23/h7-10,15-16,20-21H,5-6,11-14H2,1-4H3. The minimum absolute atomic E-state index is 0.311. The van der Waals surface area contributed by atoms with Gasteiger partial charge in [-0.05, 0) is 35.8 Å². The maximum atomic E-state index is 11.7. The second-order valence-electron chi connectivity index (χ2n) is 7.50.